The Morgan fingerprint density at radius 2 is 2.47 bits per heavy atom. The molecule has 0 unspecified atom stereocenters. The molecule has 0 amide bonds. The van der Waals surface area contributed by atoms with Crippen LogP contribution in [-0.4, -0.2) is 60.0 Å². The molecule has 2 aliphatic rings. The lowest BCUT2D eigenvalue weighted by Crippen LogP contribution is -2.52. The number of rotatable bonds is 2. The monoisotopic (exact) mass is 284 g/mol. The van der Waals surface area contributed by atoms with Crippen molar-refractivity contribution < 1.29 is 9.84 Å². The highest BCUT2D eigenvalue weighted by atomic mass is 32.1. The average molecular weight is 284 g/mol. The number of β-amino-alcohol motifs (C(OH)–C–C–N with tert-alkyl or cyclic N) is 1. The Balaban J connectivity index is 1.64. The zero-order chi connectivity index (χ0) is 13.3. The first-order chi connectivity index (χ1) is 9.15. The third kappa shape index (κ3) is 3.06. The summed E-state index contributed by atoms with van der Waals surface area (Å²) in [5.41, 5.74) is 6.07. The third-order valence-corrected chi connectivity index (χ3v) is 4.50. The van der Waals surface area contributed by atoms with Crippen molar-refractivity contribution in [2.45, 2.75) is 18.6 Å². The van der Waals surface area contributed by atoms with Gasteiger partial charge in [0.05, 0.1) is 18.9 Å². The third-order valence-electron chi connectivity index (χ3n) is 3.59. The number of aromatic nitrogens is 1. The molecule has 0 aliphatic carbocycles. The summed E-state index contributed by atoms with van der Waals surface area (Å²) in [7, 11) is 0. The lowest BCUT2D eigenvalue weighted by molar-refractivity contribution is -0.0509. The molecule has 1 aromatic heterocycles. The summed E-state index contributed by atoms with van der Waals surface area (Å²) in [5, 5.41) is 14.5. The van der Waals surface area contributed by atoms with Gasteiger partial charge in [-0.2, -0.15) is 0 Å². The molecule has 1 atom stereocenters. The lowest BCUT2D eigenvalue weighted by Gasteiger charge is -2.34. The van der Waals surface area contributed by atoms with Crippen molar-refractivity contribution in [2.24, 2.45) is 0 Å². The normalized spacial score (nSPS) is 28.9. The fourth-order valence-corrected chi connectivity index (χ4v) is 3.62. The first-order valence-electron chi connectivity index (χ1n) is 6.62. The number of hydrogen-bond acceptors (Lipinski definition) is 7. The van der Waals surface area contributed by atoms with Crippen LogP contribution in [0.2, 0.25) is 0 Å². The van der Waals surface area contributed by atoms with Gasteiger partial charge in [-0.25, -0.2) is 4.98 Å². The maximum Gasteiger partial charge on any atom is 0.180 e. The summed E-state index contributed by atoms with van der Waals surface area (Å²) >= 11 is 1.56. The van der Waals surface area contributed by atoms with Gasteiger partial charge in [-0.3, -0.25) is 4.90 Å². The predicted octanol–water partition coefficient (Wildman–Crippen LogP) is -0.566. The van der Waals surface area contributed by atoms with Crippen molar-refractivity contribution in [1.82, 2.24) is 15.2 Å². The number of thiazole rings is 1. The van der Waals surface area contributed by atoms with E-state index in [1.54, 1.807) is 11.3 Å². The van der Waals surface area contributed by atoms with E-state index in [9.17, 15) is 5.11 Å². The van der Waals surface area contributed by atoms with Crippen LogP contribution in [-0.2, 0) is 17.7 Å². The molecule has 1 aromatic rings. The molecule has 0 spiro atoms. The molecule has 0 bridgehead atoms. The van der Waals surface area contributed by atoms with Crippen molar-refractivity contribution in [3.05, 3.63) is 10.6 Å². The number of fused-ring (bicyclic) bond motifs is 1. The van der Waals surface area contributed by atoms with Gasteiger partial charge >= 0.3 is 0 Å². The Hall–Kier alpha value is -0.730. The highest BCUT2D eigenvalue weighted by molar-refractivity contribution is 7.15. The number of nitrogens with two attached hydrogens (primary N) is 1. The standard InChI is InChI=1S/C12H20N4O2S/c13-11-15-9-1-3-16(5-10(9)19-11)7-12(17)6-14-2-4-18-8-12/h14,17H,1-8H2,(H2,13,15)/t12-/m0/s1. The van der Waals surface area contributed by atoms with Crippen molar-refractivity contribution >= 4 is 16.5 Å². The van der Waals surface area contributed by atoms with Crippen LogP contribution in [0.5, 0.6) is 0 Å². The Morgan fingerprint density at radius 3 is 3.37 bits per heavy atom. The summed E-state index contributed by atoms with van der Waals surface area (Å²) < 4.78 is 5.46. The Labute approximate surface area is 116 Å². The van der Waals surface area contributed by atoms with E-state index < -0.39 is 5.60 Å². The summed E-state index contributed by atoms with van der Waals surface area (Å²) in [6.07, 6.45) is 0.910. The maximum absolute atomic E-state index is 10.6. The van der Waals surface area contributed by atoms with Crippen LogP contribution >= 0.6 is 11.3 Å². The van der Waals surface area contributed by atoms with Crippen molar-refractivity contribution in [3.63, 3.8) is 0 Å². The predicted molar refractivity (Wildman–Crippen MR) is 74.1 cm³/mol. The quantitative estimate of drug-likeness (QED) is 0.675. The number of nitrogens with zero attached hydrogens (tertiary/aromatic N) is 2. The van der Waals surface area contributed by atoms with Crippen LogP contribution in [0.1, 0.15) is 10.6 Å². The molecule has 2 aliphatic heterocycles. The smallest absolute Gasteiger partial charge is 0.180 e. The molecule has 19 heavy (non-hydrogen) atoms. The van der Waals surface area contributed by atoms with Crippen LogP contribution in [0.25, 0.3) is 0 Å². The molecule has 3 heterocycles. The molecule has 106 valence electrons. The van der Waals surface area contributed by atoms with Gasteiger partial charge < -0.3 is 20.9 Å². The second-order valence-corrected chi connectivity index (χ2v) is 6.45. The van der Waals surface area contributed by atoms with Crippen LogP contribution in [0.4, 0.5) is 5.13 Å². The Morgan fingerprint density at radius 1 is 1.58 bits per heavy atom. The molecular weight excluding hydrogens is 264 g/mol. The number of hydrogen-bond donors (Lipinski definition) is 3. The second-order valence-electron chi connectivity index (χ2n) is 5.34. The molecule has 1 saturated heterocycles. The van der Waals surface area contributed by atoms with Gasteiger partial charge in [-0.15, -0.1) is 11.3 Å². The first-order valence-corrected chi connectivity index (χ1v) is 7.44. The van der Waals surface area contributed by atoms with E-state index in [4.69, 9.17) is 10.5 Å². The van der Waals surface area contributed by atoms with Gasteiger partial charge in [0, 0.05) is 44.0 Å². The van der Waals surface area contributed by atoms with Gasteiger partial charge in [-0.1, -0.05) is 0 Å². The average Bonchev–Trinajstić information content (AvgIpc) is 2.59. The summed E-state index contributed by atoms with van der Waals surface area (Å²) in [6, 6.07) is 0. The van der Waals surface area contributed by atoms with Crippen LogP contribution in [0, 0.1) is 0 Å². The molecule has 7 heteroatoms. The van der Waals surface area contributed by atoms with Crippen LogP contribution in [0.3, 0.4) is 0 Å². The van der Waals surface area contributed by atoms with E-state index in [1.807, 2.05) is 0 Å². The van der Waals surface area contributed by atoms with Crippen LogP contribution in [0.15, 0.2) is 0 Å². The van der Waals surface area contributed by atoms with E-state index in [2.05, 4.69) is 15.2 Å². The van der Waals surface area contributed by atoms with Crippen molar-refractivity contribution in [1.29, 1.82) is 0 Å². The van der Waals surface area contributed by atoms with E-state index >= 15 is 0 Å². The van der Waals surface area contributed by atoms with Crippen LogP contribution < -0.4 is 11.1 Å². The van der Waals surface area contributed by atoms with Gasteiger partial charge in [0.15, 0.2) is 5.13 Å². The minimum Gasteiger partial charge on any atom is -0.385 e. The van der Waals surface area contributed by atoms with Gasteiger partial charge in [-0.05, 0) is 0 Å². The Kier molecular flexibility index (Phi) is 3.72. The minimum absolute atomic E-state index is 0.397. The van der Waals surface area contributed by atoms with Gasteiger partial charge in [0.2, 0.25) is 0 Å². The highest BCUT2D eigenvalue weighted by Crippen LogP contribution is 2.27. The molecule has 0 aromatic carbocycles. The minimum atomic E-state index is -0.801. The van der Waals surface area contributed by atoms with Gasteiger partial charge in [0.25, 0.3) is 0 Å². The molecule has 1 fully saturated rings. The molecule has 4 N–H and O–H groups in total. The van der Waals surface area contributed by atoms with E-state index in [0.717, 1.165) is 31.7 Å². The van der Waals surface area contributed by atoms with E-state index in [-0.39, 0.29) is 0 Å². The number of nitrogen functional groups attached to an aromatic ring is 1. The van der Waals surface area contributed by atoms with Gasteiger partial charge in [0.1, 0.15) is 5.60 Å². The second kappa shape index (κ2) is 5.34. The number of aliphatic hydroxyl groups is 1. The van der Waals surface area contributed by atoms with E-state index in [1.165, 1.54) is 4.88 Å². The molecular formula is C12H20N4O2S. The fraction of sp³-hybridized carbons (Fsp3) is 0.750. The van der Waals surface area contributed by atoms with E-state index in [0.29, 0.717) is 31.4 Å². The fourth-order valence-electron chi connectivity index (χ4n) is 2.70. The summed E-state index contributed by atoms with van der Waals surface area (Å²) in [4.78, 5) is 7.83. The molecule has 3 rings (SSSR count). The number of anilines is 1. The molecule has 6 nitrogen and oxygen atoms in total. The summed E-state index contributed by atoms with van der Waals surface area (Å²) in [6.45, 7) is 4.81. The largest absolute Gasteiger partial charge is 0.385 e. The first kappa shape index (κ1) is 13.3. The molecule has 0 saturated carbocycles. The van der Waals surface area contributed by atoms with Crippen molar-refractivity contribution in [2.75, 3.05) is 45.1 Å². The zero-order valence-corrected chi connectivity index (χ0v) is 11.7. The topological polar surface area (TPSA) is 83.6 Å². The maximum atomic E-state index is 10.6. The summed E-state index contributed by atoms with van der Waals surface area (Å²) in [5.74, 6) is 0. The van der Waals surface area contributed by atoms with Crippen molar-refractivity contribution in [3.8, 4) is 0 Å². The zero-order valence-electron chi connectivity index (χ0n) is 10.9. The number of nitrogens with one attached hydrogen (secondary N) is 1. The highest BCUT2D eigenvalue weighted by Gasteiger charge is 2.33. The Bertz CT molecular complexity index is 443. The number of ether oxygens (including phenoxy) is 1. The molecule has 0 radical (unpaired) electrons. The lowest BCUT2D eigenvalue weighted by atomic mass is 10.0. The SMILES string of the molecule is Nc1nc2c(s1)CN(C[C@@]1(O)CNCCOC1)CC2.